The third-order valence-electron chi connectivity index (χ3n) is 10.5. The third-order valence-corrected chi connectivity index (χ3v) is 10.8. The SMILES string of the molecule is [C-]#[N+]C[C@H]1CN(c2nc(OC[C@@H]3CCCN3C)nc3c2CCN(c2cccc4cccc(Cl)c24)C3)CCN1C(=O)[C@@H]1O[C@@H]1C1CC1. The summed E-state index contributed by atoms with van der Waals surface area (Å²) in [6.45, 7) is 12.7. The van der Waals surface area contributed by atoms with Crippen molar-refractivity contribution in [2.24, 2.45) is 5.92 Å². The lowest BCUT2D eigenvalue weighted by molar-refractivity contribution is -0.135. The van der Waals surface area contributed by atoms with Crippen LogP contribution in [0.1, 0.15) is 36.9 Å². The fraction of sp³-hybridized carbons (Fsp3) is 0.543. The van der Waals surface area contributed by atoms with E-state index >= 15 is 0 Å². The van der Waals surface area contributed by atoms with Crippen LogP contribution in [0.2, 0.25) is 5.02 Å². The first kappa shape index (κ1) is 29.7. The van der Waals surface area contributed by atoms with Gasteiger partial charge in [0.25, 0.3) is 5.91 Å². The van der Waals surface area contributed by atoms with E-state index < -0.39 is 0 Å². The van der Waals surface area contributed by atoms with Gasteiger partial charge in [-0.3, -0.25) is 4.79 Å². The van der Waals surface area contributed by atoms with E-state index in [1.165, 1.54) is 6.42 Å². The largest absolute Gasteiger partial charge is 0.462 e. The van der Waals surface area contributed by atoms with Crippen molar-refractivity contribution in [3.05, 3.63) is 64.1 Å². The summed E-state index contributed by atoms with van der Waals surface area (Å²) in [6.07, 6.45) is 5.08. The number of fused-ring (bicyclic) bond motifs is 2. The number of epoxide rings is 1. The molecule has 5 aliphatic rings. The maximum atomic E-state index is 13.5. The number of benzene rings is 2. The number of halogens is 1. The zero-order valence-corrected chi connectivity index (χ0v) is 27.0. The number of hydrogen-bond donors (Lipinski definition) is 0. The smallest absolute Gasteiger partial charge is 0.318 e. The molecule has 1 saturated carbocycles. The van der Waals surface area contributed by atoms with Crippen LogP contribution in [-0.4, -0.2) is 103 Å². The molecule has 4 atom stereocenters. The second-order valence-electron chi connectivity index (χ2n) is 13.5. The Hall–Kier alpha value is -3.65. The first-order valence-electron chi connectivity index (χ1n) is 16.7. The van der Waals surface area contributed by atoms with E-state index in [1.54, 1.807) is 0 Å². The van der Waals surface area contributed by atoms with Crippen LogP contribution in [-0.2, 0) is 22.5 Å². The first-order valence-corrected chi connectivity index (χ1v) is 17.1. The minimum absolute atomic E-state index is 0.0454. The van der Waals surface area contributed by atoms with Crippen LogP contribution >= 0.6 is 11.6 Å². The van der Waals surface area contributed by atoms with Crippen molar-refractivity contribution in [2.45, 2.75) is 62.9 Å². The predicted octanol–water partition coefficient (Wildman–Crippen LogP) is 4.43. The molecule has 5 heterocycles. The molecule has 0 bridgehead atoms. The fourth-order valence-electron chi connectivity index (χ4n) is 7.69. The number of ether oxygens (including phenoxy) is 2. The molecule has 2 aromatic carbocycles. The molecule has 0 radical (unpaired) electrons. The highest BCUT2D eigenvalue weighted by Crippen LogP contribution is 2.45. The van der Waals surface area contributed by atoms with E-state index in [0.717, 1.165) is 77.3 Å². The van der Waals surface area contributed by atoms with Crippen LogP contribution in [0.3, 0.4) is 0 Å². The summed E-state index contributed by atoms with van der Waals surface area (Å²) in [5, 5.41) is 2.91. The van der Waals surface area contributed by atoms with E-state index in [4.69, 9.17) is 37.6 Å². The Morgan fingerprint density at radius 1 is 1.07 bits per heavy atom. The molecular formula is C35H40ClN7O3. The third kappa shape index (κ3) is 5.63. The standard InChI is InChI=1S/C35H40ClN7O3/c1-37-18-25-19-42(16-17-43(25)34(44)32-31(46-32)23-11-12-23)33-26-13-15-41(29-10-4-7-22-6-3-9-27(36)30(22)29)20-28(26)38-35(39-33)45-21-24-8-5-14-40(24)2/h3-4,6-7,9-10,23-25,31-32H,5,8,11-21H2,2H3/t24-,25-,31+,32+/m0/s1. The number of rotatable bonds is 8. The van der Waals surface area contributed by atoms with E-state index in [9.17, 15) is 4.79 Å². The number of piperazine rings is 1. The molecule has 0 spiro atoms. The second-order valence-corrected chi connectivity index (χ2v) is 13.9. The Labute approximate surface area is 275 Å². The van der Waals surface area contributed by atoms with Gasteiger partial charge < -0.3 is 33.9 Å². The summed E-state index contributed by atoms with van der Waals surface area (Å²) < 4.78 is 12.1. The van der Waals surface area contributed by atoms with Crippen LogP contribution in [0, 0.1) is 12.5 Å². The molecule has 4 fully saturated rings. The van der Waals surface area contributed by atoms with Gasteiger partial charge in [0.2, 0.25) is 6.54 Å². The predicted molar refractivity (Wildman–Crippen MR) is 177 cm³/mol. The topological polar surface area (TPSA) is 81.9 Å². The molecule has 11 heteroatoms. The van der Waals surface area contributed by atoms with Crippen molar-refractivity contribution >= 4 is 39.8 Å². The number of amides is 1. The van der Waals surface area contributed by atoms with Gasteiger partial charge in [0.1, 0.15) is 18.5 Å². The summed E-state index contributed by atoms with van der Waals surface area (Å²) in [5.74, 6) is 1.45. The van der Waals surface area contributed by atoms with Crippen molar-refractivity contribution in [3.63, 3.8) is 0 Å². The van der Waals surface area contributed by atoms with Crippen molar-refractivity contribution in [2.75, 3.05) is 62.7 Å². The van der Waals surface area contributed by atoms with Gasteiger partial charge in [-0.15, -0.1) is 0 Å². The van der Waals surface area contributed by atoms with Gasteiger partial charge in [-0.05, 0) is 69.1 Å². The highest BCUT2D eigenvalue weighted by Gasteiger charge is 2.55. The molecule has 10 nitrogen and oxygen atoms in total. The van der Waals surface area contributed by atoms with Gasteiger partial charge in [0, 0.05) is 48.9 Å². The highest BCUT2D eigenvalue weighted by atomic mass is 35.5. The van der Waals surface area contributed by atoms with E-state index in [-0.39, 0.29) is 30.7 Å². The van der Waals surface area contributed by atoms with Crippen LogP contribution in [0.15, 0.2) is 36.4 Å². The van der Waals surface area contributed by atoms with Gasteiger partial charge in [-0.1, -0.05) is 35.9 Å². The summed E-state index contributed by atoms with van der Waals surface area (Å²) in [4.78, 5) is 36.1. The van der Waals surface area contributed by atoms with Crippen LogP contribution in [0.5, 0.6) is 6.01 Å². The Morgan fingerprint density at radius 2 is 1.91 bits per heavy atom. The Balaban J connectivity index is 1.09. The second kappa shape index (κ2) is 12.2. The van der Waals surface area contributed by atoms with Crippen molar-refractivity contribution in [3.8, 4) is 6.01 Å². The first-order chi connectivity index (χ1) is 22.5. The minimum Gasteiger partial charge on any atom is -0.462 e. The quantitative estimate of drug-likeness (QED) is 0.264. The molecule has 1 aromatic heterocycles. The molecule has 4 aliphatic heterocycles. The zero-order chi connectivity index (χ0) is 31.4. The summed E-state index contributed by atoms with van der Waals surface area (Å²) in [5.41, 5.74) is 3.17. The molecule has 8 rings (SSSR count). The monoisotopic (exact) mass is 641 g/mol. The number of likely N-dealkylation sites (tertiary alicyclic amines) is 1. The molecule has 1 amide bonds. The number of likely N-dealkylation sites (N-methyl/N-ethyl adjacent to an activating group) is 1. The van der Waals surface area contributed by atoms with Gasteiger partial charge in [-0.2, -0.15) is 9.97 Å². The Bertz CT molecular complexity index is 1690. The molecule has 3 saturated heterocycles. The maximum Gasteiger partial charge on any atom is 0.318 e. The lowest BCUT2D eigenvalue weighted by atomic mass is 10.0. The minimum atomic E-state index is -0.332. The number of nitrogens with zero attached hydrogens (tertiary/aromatic N) is 7. The zero-order valence-electron chi connectivity index (χ0n) is 26.3. The molecular weight excluding hydrogens is 602 g/mol. The number of carbonyl (C=O) groups is 1. The van der Waals surface area contributed by atoms with Gasteiger partial charge in [0.05, 0.1) is 23.4 Å². The lowest BCUT2D eigenvalue weighted by Gasteiger charge is -2.41. The number of carbonyl (C=O) groups excluding carboxylic acids is 1. The van der Waals surface area contributed by atoms with Crippen LogP contribution in [0.25, 0.3) is 15.6 Å². The molecule has 0 unspecified atom stereocenters. The highest BCUT2D eigenvalue weighted by molar-refractivity contribution is 6.36. The van der Waals surface area contributed by atoms with Gasteiger partial charge in [0.15, 0.2) is 6.10 Å². The summed E-state index contributed by atoms with van der Waals surface area (Å²) in [7, 11) is 2.14. The normalized spacial score (nSPS) is 26.2. The number of aromatic nitrogens is 2. The number of hydrogen-bond acceptors (Lipinski definition) is 8. The van der Waals surface area contributed by atoms with Crippen molar-refractivity contribution < 1.29 is 14.3 Å². The van der Waals surface area contributed by atoms with E-state index in [1.807, 2.05) is 17.0 Å². The van der Waals surface area contributed by atoms with Crippen LogP contribution < -0.4 is 14.5 Å². The average molecular weight is 642 g/mol. The molecule has 0 N–H and O–H groups in total. The van der Waals surface area contributed by atoms with E-state index in [0.29, 0.717) is 50.8 Å². The molecule has 1 aliphatic carbocycles. The maximum absolute atomic E-state index is 13.5. The Morgan fingerprint density at radius 3 is 2.70 bits per heavy atom. The summed E-state index contributed by atoms with van der Waals surface area (Å²) in [6, 6.07) is 12.9. The van der Waals surface area contributed by atoms with E-state index in [2.05, 4.69) is 50.9 Å². The fourth-order valence-corrected chi connectivity index (χ4v) is 7.97. The van der Waals surface area contributed by atoms with Crippen molar-refractivity contribution in [1.29, 1.82) is 0 Å². The molecule has 46 heavy (non-hydrogen) atoms. The lowest BCUT2D eigenvalue weighted by Crippen LogP contribution is -2.58. The van der Waals surface area contributed by atoms with Gasteiger partial charge in [-0.25, -0.2) is 6.57 Å². The summed E-state index contributed by atoms with van der Waals surface area (Å²) >= 11 is 6.73. The average Bonchev–Trinajstić information content (AvgIpc) is 4.00. The number of anilines is 2. The molecule has 240 valence electrons. The van der Waals surface area contributed by atoms with Crippen molar-refractivity contribution in [1.82, 2.24) is 19.8 Å². The molecule has 3 aromatic rings. The Kier molecular flexibility index (Phi) is 7.87. The van der Waals surface area contributed by atoms with Crippen LogP contribution in [0.4, 0.5) is 11.5 Å². The van der Waals surface area contributed by atoms with Gasteiger partial charge >= 0.3 is 6.01 Å².